The highest BCUT2D eigenvalue weighted by Crippen LogP contribution is 2.35. The van der Waals surface area contributed by atoms with E-state index in [1.54, 1.807) is 0 Å². The van der Waals surface area contributed by atoms with E-state index in [0.29, 0.717) is 0 Å². The number of nitrogens with zero attached hydrogens (tertiary/aromatic N) is 3. The van der Waals surface area contributed by atoms with Gasteiger partial charge in [-0.2, -0.15) is 5.26 Å². The van der Waals surface area contributed by atoms with E-state index in [2.05, 4.69) is 10.2 Å². The number of non-ortho nitro benzene ring substituents is 1. The van der Waals surface area contributed by atoms with Crippen LogP contribution in [0, 0.1) is 45.5 Å². The van der Waals surface area contributed by atoms with Gasteiger partial charge in [0, 0.05) is 17.8 Å². The number of nitro groups is 1. The molecule has 0 bridgehead atoms. The van der Waals surface area contributed by atoms with Crippen LogP contribution in [0.1, 0.15) is 5.56 Å². The third kappa shape index (κ3) is 2.76. The van der Waals surface area contributed by atoms with Gasteiger partial charge in [0.15, 0.2) is 17.5 Å². The molecule has 23 heavy (non-hydrogen) atoms. The number of rotatable bonds is 3. The van der Waals surface area contributed by atoms with Crippen molar-refractivity contribution in [1.29, 1.82) is 5.26 Å². The number of anilines is 2. The molecule has 0 unspecified atom stereocenters. The van der Waals surface area contributed by atoms with Crippen LogP contribution in [0.2, 0.25) is 0 Å². The molecular weight excluding hydrogens is 313 g/mol. The maximum atomic E-state index is 14.0. The van der Waals surface area contributed by atoms with E-state index in [-0.39, 0.29) is 11.4 Å². The summed E-state index contributed by atoms with van der Waals surface area (Å²) in [4.78, 5) is 12.4. The Kier molecular flexibility index (Phi) is 4.14. The van der Waals surface area contributed by atoms with Crippen LogP contribution >= 0.6 is 0 Å². The van der Waals surface area contributed by atoms with E-state index in [0.717, 1.165) is 12.1 Å². The minimum Gasteiger partial charge on any atom is -0.352 e. The van der Waals surface area contributed by atoms with Crippen LogP contribution in [0.15, 0.2) is 24.3 Å². The summed E-state index contributed by atoms with van der Waals surface area (Å²) in [6.07, 6.45) is 0. The Morgan fingerprint density at radius 2 is 1.78 bits per heavy atom. The van der Waals surface area contributed by atoms with E-state index >= 15 is 0 Å². The topological polar surface area (TPSA) is 83.3 Å². The molecule has 0 saturated heterocycles. The molecule has 114 valence electrons. The van der Waals surface area contributed by atoms with Gasteiger partial charge in [-0.25, -0.2) is 18.0 Å². The molecule has 0 amide bonds. The van der Waals surface area contributed by atoms with Gasteiger partial charge in [0.05, 0.1) is 17.2 Å². The van der Waals surface area contributed by atoms with Gasteiger partial charge in [0.1, 0.15) is 11.6 Å². The molecule has 0 atom stereocenters. The molecule has 9 heteroatoms. The van der Waals surface area contributed by atoms with Crippen LogP contribution in [0.5, 0.6) is 0 Å². The molecule has 0 aliphatic rings. The number of halogens is 3. The normalized spacial score (nSPS) is 9.78. The number of nitriles is 1. The monoisotopic (exact) mass is 318 g/mol. The van der Waals surface area contributed by atoms with Gasteiger partial charge < -0.3 is 5.32 Å². The van der Waals surface area contributed by atoms with E-state index in [9.17, 15) is 23.3 Å². The Morgan fingerprint density at radius 1 is 1.17 bits per heavy atom. The van der Waals surface area contributed by atoms with Crippen LogP contribution < -0.4 is 5.32 Å². The summed E-state index contributed by atoms with van der Waals surface area (Å²) >= 11 is 0. The summed E-state index contributed by atoms with van der Waals surface area (Å²) in [6, 6.07) is 5.90. The first-order chi connectivity index (χ1) is 10.9. The van der Waals surface area contributed by atoms with Gasteiger partial charge in [-0.3, -0.25) is 10.1 Å². The molecule has 0 radical (unpaired) electrons. The fourth-order valence-electron chi connectivity index (χ4n) is 1.78. The van der Waals surface area contributed by atoms with Crippen LogP contribution in [0.4, 0.5) is 35.9 Å². The molecule has 0 heterocycles. The molecule has 2 rings (SSSR count). The lowest BCUT2D eigenvalue weighted by atomic mass is 10.1. The molecule has 0 aromatic heterocycles. The quantitative estimate of drug-likeness (QED) is 0.398. The molecule has 0 spiro atoms. The van der Waals surface area contributed by atoms with Gasteiger partial charge in [-0.05, 0) is 12.1 Å². The van der Waals surface area contributed by atoms with Crippen molar-refractivity contribution < 1.29 is 18.1 Å². The SMILES string of the molecule is [C-]#[N+]c1c(F)c(F)c(Nc2ccc([N+](=O)[O-])cc2)c(C#N)c1F. The van der Waals surface area contributed by atoms with Crippen molar-refractivity contribution in [3.8, 4) is 6.07 Å². The molecule has 0 saturated carbocycles. The third-order valence-corrected chi connectivity index (χ3v) is 2.87. The largest absolute Gasteiger partial charge is 0.352 e. The predicted octanol–water partition coefficient (Wildman–Crippen LogP) is 4.18. The summed E-state index contributed by atoms with van der Waals surface area (Å²) in [5.41, 5.74) is -3.04. The lowest BCUT2D eigenvalue weighted by Crippen LogP contribution is -2.03. The average Bonchev–Trinajstić information content (AvgIpc) is 2.54. The average molecular weight is 318 g/mol. The fraction of sp³-hybridized carbons (Fsp3) is 0. The van der Waals surface area contributed by atoms with E-state index in [1.165, 1.54) is 18.2 Å². The van der Waals surface area contributed by atoms with Crippen molar-refractivity contribution in [2.75, 3.05) is 5.32 Å². The summed E-state index contributed by atoms with van der Waals surface area (Å²) in [7, 11) is 0. The van der Waals surface area contributed by atoms with Gasteiger partial charge in [-0.1, -0.05) is 0 Å². The second-order valence-corrected chi connectivity index (χ2v) is 4.19. The second-order valence-electron chi connectivity index (χ2n) is 4.19. The lowest BCUT2D eigenvalue weighted by molar-refractivity contribution is -0.384. The Hall–Kier alpha value is -3.59. The highest BCUT2D eigenvalue weighted by molar-refractivity contribution is 5.72. The maximum absolute atomic E-state index is 14.0. The van der Waals surface area contributed by atoms with Gasteiger partial charge in [-0.15, -0.1) is 0 Å². The highest BCUT2D eigenvalue weighted by Gasteiger charge is 2.25. The van der Waals surface area contributed by atoms with Crippen molar-refractivity contribution >= 4 is 22.7 Å². The van der Waals surface area contributed by atoms with Gasteiger partial charge >= 0.3 is 0 Å². The van der Waals surface area contributed by atoms with Crippen LogP contribution in [0.3, 0.4) is 0 Å². The predicted molar refractivity (Wildman–Crippen MR) is 73.7 cm³/mol. The summed E-state index contributed by atoms with van der Waals surface area (Å²) in [6.45, 7) is 6.63. The van der Waals surface area contributed by atoms with Crippen molar-refractivity contribution in [1.82, 2.24) is 0 Å². The first kappa shape index (κ1) is 15.8. The second kappa shape index (κ2) is 6.03. The Morgan fingerprint density at radius 3 is 2.26 bits per heavy atom. The first-order valence-electron chi connectivity index (χ1n) is 5.90. The van der Waals surface area contributed by atoms with Crippen LogP contribution in [-0.4, -0.2) is 4.92 Å². The number of nitrogens with one attached hydrogen (secondary N) is 1. The first-order valence-corrected chi connectivity index (χ1v) is 5.90. The number of hydrogen-bond donors (Lipinski definition) is 1. The Bertz CT molecular complexity index is 883. The molecule has 2 aromatic carbocycles. The van der Waals surface area contributed by atoms with E-state index in [4.69, 9.17) is 11.8 Å². The summed E-state index contributed by atoms with van der Waals surface area (Å²) in [5, 5.41) is 21.7. The number of hydrogen-bond acceptors (Lipinski definition) is 4. The third-order valence-electron chi connectivity index (χ3n) is 2.87. The van der Waals surface area contributed by atoms with E-state index in [1.807, 2.05) is 0 Å². The van der Waals surface area contributed by atoms with Gasteiger partial charge in [0.25, 0.3) is 11.4 Å². The minimum absolute atomic E-state index is 0.0698. The molecule has 6 nitrogen and oxygen atoms in total. The van der Waals surface area contributed by atoms with Crippen molar-refractivity contribution in [3.05, 3.63) is 68.8 Å². The smallest absolute Gasteiger partial charge is 0.269 e. The van der Waals surface area contributed by atoms with Crippen LogP contribution in [0.25, 0.3) is 4.85 Å². The van der Waals surface area contributed by atoms with Crippen molar-refractivity contribution in [3.63, 3.8) is 0 Å². The zero-order valence-electron chi connectivity index (χ0n) is 11.1. The fourth-order valence-corrected chi connectivity index (χ4v) is 1.78. The number of nitro benzene ring substituents is 1. The molecule has 1 N–H and O–H groups in total. The molecule has 0 fully saturated rings. The summed E-state index contributed by atoms with van der Waals surface area (Å²) < 4.78 is 41.5. The highest BCUT2D eigenvalue weighted by atomic mass is 19.2. The Balaban J connectivity index is 2.54. The standard InChI is InChI=1S/C14H5F3N4O2/c1-19-14-10(15)9(6-18)13(11(16)12(14)17)20-7-2-4-8(5-3-7)21(22)23/h2-5,20H. The zero-order valence-corrected chi connectivity index (χ0v) is 11.1. The van der Waals surface area contributed by atoms with E-state index < -0.39 is 39.3 Å². The van der Waals surface area contributed by atoms with Crippen molar-refractivity contribution in [2.24, 2.45) is 0 Å². The molecular formula is C14H5F3N4O2. The lowest BCUT2D eigenvalue weighted by Gasteiger charge is -2.12. The molecule has 2 aromatic rings. The van der Waals surface area contributed by atoms with Crippen LogP contribution in [-0.2, 0) is 0 Å². The molecule has 0 aliphatic heterocycles. The van der Waals surface area contributed by atoms with Gasteiger partial charge in [0.2, 0.25) is 0 Å². The minimum atomic E-state index is -1.72. The summed E-state index contributed by atoms with van der Waals surface area (Å²) in [5.74, 6) is -4.79. The van der Waals surface area contributed by atoms with Crippen molar-refractivity contribution in [2.45, 2.75) is 0 Å². The Labute approximate surface area is 127 Å². The number of benzene rings is 2. The zero-order chi connectivity index (χ0) is 17.1. The maximum Gasteiger partial charge on any atom is 0.269 e. The molecule has 0 aliphatic carbocycles.